The van der Waals surface area contributed by atoms with Gasteiger partial charge in [-0.3, -0.25) is 4.90 Å². The Morgan fingerprint density at radius 2 is 2.24 bits per heavy atom. The highest BCUT2D eigenvalue weighted by Gasteiger charge is 2.53. The minimum Gasteiger partial charge on any atom is -0.469 e. The predicted molar refractivity (Wildman–Crippen MR) is 56.2 cm³/mol. The van der Waals surface area contributed by atoms with Gasteiger partial charge in [0.15, 0.2) is 5.60 Å². The van der Waals surface area contributed by atoms with Gasteiger partial charge in [-0.05, 0) is 13.0 Å². The Hall–Kier alpha value is -1.57. The molecule has 2 heterocycles. The van der Waals surface area contributed by atoms with Crippen molar-refractivity contribution in [2.45, 2.75) is 31.1 Å². The maximum absolute atomic E-state index is 11.6. The summed E-state index contributed by atoms with van der Waals surface area (Å²) in [6, 6.07) is -0.632. The summed E-state index contributed by atoms with van der Waals surface area (Å²) in [6.07, 6.45) is -0.838. The number of rotatable bonds is 1. The van der Waals surface area contributed by atoms with Crippen molar-refractivity contribution in [3.05, 3.63) is 24.6 Å². The molecule has 7 heteroatoms. The molecular weight excluding hydrogens is 228 g/mol. The molecule has 4 atom stereocenters. The lowest BCUT2D eigenvalue weighted by molar-refractivity contribution is -0.103. The van der Waals surface area contributed by atoms with Crippen molar-refractivity contribution in [1.82, 2.24) is 10.2 Å². The Morgan fingerprint density at radius 1 is 1.59 bits per heavy atom. The largest absolute Gasteiger partial charge is 0.469 e. The third kappa shape index (κ3) is 1.78. The van der Waals surface area contributed by atoms with Gasteiger partial charge in [0.1, 0.15) is 18.1 Å². The van der Waals surface area contributed by atoms with Gasteiger partial charge in [0, 0.05) is 6.20 Å². The smallest absolute Gasteiger partial charge is 0.326 e. The Bertz CT molecular complexity index is 392. The maximum Gasteiger partial charge on any atom is 0.326 e. The number of aliphatic hydroxyl groups excluding tert-OH is 2. The molecule has 0 aliphatic carbocycles. The highest BCUT2D eigenvalue weighted by Crippen LogP contribution is 2.35. The number of carbonyl (C=O) groups excluding carboxylic acids is 1. The summed E-state index contributed by atoms with van der Waals surface area (Å²) < 4.78 is 5.17. The van der Waals surface area contributed by atoms with E-state index in [0.29, 0.717) is 0 Å². The lowest BCUT2D eigenvalue weighted by atomic mass is 9.98. The fourth-order valence-electron chi connectivity index (χ4n) is 1.80. The summed E-state index contributed by atoms with van der Waals surface area (Å²) >= 11 is 0. The van der Waals surface area contributed by atoms with E-state index < -0.39 is 30.2 Å². The first-order valence-corrected chi connectivity index (χ1v) is 5.05. The number of urea groups is 1. The van der Waals surface area contributed by atoms with Crippen molar-refractivity contribution in [2.75, 3.05) is 0 Å². The van der Waals surface area contributed by atoms with Crippen molar-refractivity contribution in [3.63, 3.8) is 0 Å². The van der Waals surface area contributed by atoms with Gasteiger partial charge < -0.3 is 25.4 Å². The molecule has 0 bridgehead atoms. The minimum absolute atomic E-state index is 0.00711. The Labute approximate surface area is 97.6 Å². The van der Waals surface area contributed by atoms with Crippen LogP contribution in [0.25, 0.3) is 0 Å². The zero-order valence-corrected chi connectivity index (χ0v) is 9.20. The van der Waals surface area contributed by atoms with Gasteiger partial charge in [-0.1, -0.05) is 6.58 Å². The van der Waals surface area contributed by atoms with Gasteiger partial charge in [-0.2, -0.15) is 0 Å². The summed E-state index contributed by atoms with van der Waals surface area (Å²) in [5.41, 5.74) is -1.67. The van der Waals surface area contributed by atoms with Crippen molar-refractivity contribution >= 4 is 6.03 Å². The van der Waals surface area contributed by atoms with Crippen LogP contribution < -0.4 is 5.32 Å². The molecule has 1 unspecified atom stereocenters. The second kappa shape index (κ2) is 3.73. The SMILES string of the molecule is C=C1O[C@@H](N2C=CC(O)NC2=O)[C@](C)(O)[C@@H]1O. The first-order valence-electron chi connectivity index (χ1n) is 5.05. The number of carbonyl (C=O) groups is 1. The average molecular weight is 242 g/mol. The van der Waals surface area contributed by atoms with Crippen molar-refractivity contribution in [1.29, 1.82) is 0 Å². The van der Waals surface area contributed by atoms with Crippen LogP contribution in [0.15, 0.2) is 24.6 Å². The van der Waals surface area contributed by atoms with Gasteiger partial charge in [-0.25, -0.2) is 4.79 Å². The van der Waals surface area contributed by atoms with E-state index in [9.17, 15) is 15.0 Å². The number of nitrogens with zero attached hydrogens (tertiary/aromatic N) is 1. The van der Waals surface area contributed by atoms with E-state index in [0.717, 1.165) is 4.90 Å². The second-order valence-corrected chi connectivity index (χ2v) is 4.21. The highest BCUT2D eigenvalue weighted by molar-refractivity contribution is 5.77. The zero-order valence-electron chi connectivity index (χ0n) is 9.20. The molecule has 0 aromatic heterocycles. The zero-order chi connectivity index (χ0) is 12.8. The first kappa shape index (κ1) is 11.9. The molecule has 2 aliphatic heterocycles. The number of amides is 2. The predicted octanol–water partition coefficient (Wildman–Crippen LogP) is -1.17. The van der Waals surface area contributed by atoms with Crippen LogP contribution in [0.1, 0.15) is 6.92 Å². The molecule has 17 heavy (non-hydrogen) atoms. The monoisotopic (exact) mass is 242 g/mol. The minimum atomic E-state index is -1.67. The number of aliphatic hydroxyl groups is 3. The molecule has 2 aliphatic rings. The van der Waals surface area contributed by atoms with Gasteiger partial charge in [0.25, 0.3) is 0 Å². The number of ether oxygens (including phenoxy) is 1. The van der Waals surface area contributed by atoms with E-state index in [1.807, 2.05) is 0 Å². The molecular formula is C10H14N2O5. The van der Waals surface area contributed by atoms with E-state index in [-0.39, 0.29) is 5.76 Å². The average Bonchev–Trinajstić information content (AvgIpc) is 2.43. The molecule has 2 rings (SSSR count). The van der Waals surface area contributed by atoms with Crippen molar-refractivity contribution < 1.29 is 24.9 Å². The molecule has 0 spiro atoms. The fraction of sp³-hybridized carbons (Fsp3) is 0.500. The van der Waals surface area contributed by atoms with E-state index >= 15 is 0 Å². The lowest BCUT2D eigenvalue weighted by Crippen LogP contribution is -2.57. The van der Waals surface area contributed by atoms with Crippen LogP contribution >= 0.6 is 0 Å². The van der Waals surface area contributed by atoms with E-state index in [1.54, 1.807) is 0 Å². The molecule has 1 saturated heterocycles. The highest BCUT2D eigenvalue weighted by atomic mass is 16.6. The standard InChI is InChI=1S/C10H14N2O5/c1-5-7(14)10(2,16)8(17-5)12-4-3-6(13)11-9(12)15/h3-4,6-8,13-14,16H,1H2,2H3,(H,11,15)/t6?,7-,8-,10-/m1/s1. The van der Waals surface area contributed by atoms with Crippen LogP contribution in [0, 0.1) is 0 Å². The summed E-state index contributed by atoms with van der Waals surface area (Å²) in [6.45, 7) is 4.79. The molecule has 2 amide bonds. The van der Waals surface area contributed by atoms with Crippen LogP contribution in [0.3, 0.4) is 0 Å². The van der Waals surface area contributed by atoms with Crippen molar-refractivity contribution in [2.24, 2.45) is 0 Å². The summed E-state index contributed by atoms with van der Waals surface area (Å²) in [4.78, 5) is 12.6. The molecule has 94 valence electrons. The quantitative estimate of drug-likeness (QED) is 0.464. The van der Waals surface area contributed by atoms with Gasteiger partial charge in [0.05, 0.1) is 0 Å². The molecule has 1 fully saturated rings. The molecule has 4 N–H and O–H groups in total. The number of nitrogens with one attached hydrogen (secondary N) is 1. The van der Waals surface area contributed by atoms with Gasteiger partial charge in [-0.15, -0.1) is 0 Å². The summed E-state index contributed by atoms with van der Waals surface area (Å²) in [7, 11) is 0. The maximum atomic E-state index is 11.6. The molecule has 0 saturated carbocycles. The van der Waals surface area contributed by atoms with E-state index in [1.165, 1.54) is 19.2 Å². The van der Waals surface area contributed by atoms with Crippen LogP contribution in [0.5, 0.6) is 0 Å². The Kier molecular flexibility index (Phi) is 2.61. The topological polar surface area (TPSA) is 102 Å². The Morgan fingerprint density at radius 3 is 2.71 bits per heavy atom. The van der Waals surface area contributed by atoms with Crippen LogP contribution in [-0.4, -0.2) is 50.4 Å². The van der Waals surface area contributed by atoms with E-state index in [4.69, 9.17) is 9.84 Å². The van der Waals surface area contributed by atoms with E-state index in [2.05, 4.69) is 11.9 Å². The molecule has 0 aromatic carbocycles. The number of hydrogen-bond donors (Lipinski definition) is 4. The second-order valence-electron chi connectivity index (χ2n) is 4.21. The first-order chi connectivity index (χ1) is 7.84. The van der Waals surface area contributed by atoms with Crippen LogP contribution in [0.4, 0.5) is 4.79 Å². The number of hydrogen-bond acceptors (Lipinski definition) is 5. The molecule has 7 nitrogen and oxygen atoms in total. The molecule has 0 radical (unpaired) electrons. The van der Waals surface area contributed by atoms with Gasteiger partial charge in [0.2, 0.25) is 6.23 Å². The van der Waals surface area contributed by atoms with Gasteiger partial charge >= 0.3 is 6.03 Å². The third-order valence-corrected chi connectivity index (χ3v) is 2.81. The van der Waals surface area contributed by atoms with Crippen LogP contribution in [0.2, 0.25) is 0 Å². The lowest BCUT2D eigenvalue weighted by Gasteiger charge is -2.35. The summed E-state index contributed by atoms with van der Waals surface area (Å²) in [5.74, 6) is -0.00711. The van der Waals surface area contributed by atoms with Crippen molar-refractivity contribution in [3.8, 4) is 0 Å². The fourth-order valence-corrected chi connectivity index (χ4v) is 1.80. The third-order valence-electron chi connectivity index (χ3n) is 2.81. The normalized spacial score (nSPS) is 41.4. The Balaban J connectivity index is 2.27. The summed E-state index contributed by atoms with van der Waals surface area (Å²) in [5, 5.41) is 31.1. The van der Waals surface area contributed by atoms with Crippen LogP contribution in [-0.2, 0) is 4.74 Å². The molecule has 0 aromatic rings.